The fraction of sp³-hybridized carbons (Fsp3) is 0.500. The van der Waals surface area contributed by atoms with Gasteiger partial charge in [-0.1, -0.05) is 38.1 Å². The van der Waals surface area contributed by atoms with Crippen molar-refractivity contribution in [1.82, 2.24) is 0 Å². The summed E-state index contributed by atoms with van der Waals surface area (Å²) in [7, 11) is 3.22. The molecule has 1 heterocycles. The Morgan fingerprint density at radius 2 is 1.31 bits per heavy atom. The fourth-order valence-corrected chi connectivity index (χ4v) is 4.36. The Labute approximate surface area is 193 Å². The molecule has 0 bridgehead atoms. The number of ether oxygens (including phenoxy) is 5. The number of aliphatic hydroxyl groups is 2. The maximum absolute atomic E-state index is 10.9. The van der Waals surface area contributed by atoms with E-state index in [1.807, 2.05) is 62.4 Å². The Bertz CT molecular complexity index is 812. The highest BCUT2D eigenvalue weighted by molar-refractivity contribution is 8.00. The second kappa shape index (κ2) is 11.9. The van der Waals surface area contributed by atoms with Crippen LogP contribution >= 0.6 is 11.8 Å². The van der Waals surface area contributed by atoms with Gasteiger partial charge in [0.1, 0.15) is 35.2 Å². The lowest BCUT2D eigenvalue weighted by Crippen LogP contribution is -2.58. The van der Waals surface area contributed by atoms with Crippen molar-refractivity contribution < 1.29 is 33.9 Å². The molecule has 1 aliphatic rings. The summed E-state index contributed by atoms with van der Waals surface area (Å²) in [6.45, 7) is 4.51. The van der Waals surface area contributed by atoms with E-state index >= 15 is 0 Å². The fourth-order valence-electron chi connectivity index (χ4n) is 3.34. The summed E-state index contributed by atoms with van der Waals surface area (Å²) in [5, 5.41) is 22.0. The molecular weight excluding hydrogens is 432 g/mol. The van der Waals surface area contributed by atoms with Crippen LogP contribution in [0.5, 0.6) is 11.5 Å². The molecule has 2 aromatic carbocycles. The Morgan fingerprint density at radius 3 is 1.78 bits per heavy atom. The van der Waals surface area contributed by atoms with Gasteiger partial charge in [-0.25, -0.2) is 0 Å². The molecule has 0 amide bonds. The lowest BCUT2D eigenvalue weighted by molar-refractivity contribution is -0.291. The van der Waals surface area contributed by atoms with Crippen LogP contribution in [0.1, 0.15) is 25.0 Å². The van der Waals surface area contributed by atoms with E-state index in [-0.39, 0.29) is 18.5 Å². The van der Waals surface area contributed by atoms with Crippen LogP contribution in [0, 0.1) is 0 Å². The maximum atomic E-state index is 10.9. The lowest BCUT2D eigenvalue weighted by Gasteiger charge is -2.42. The Balaban J connectivity index is 1.67. The molecule has 8 heteroatoms. The molecular formula is C24H32O7S. The van der Waals surface area contributed by atoms with Crippen LogP contribution in [0.4, 0.5) is 0 Å². The first-order valence-electron chi connectivity index (χ1n) is 10.6. The molecule has 0 aromatic heterocycles. The van der Waals surface area contributed by atoms with Crippen LogP contribution in [-0.2, 0) is 27.4 Å². The summed E-state index contributed by atoms with van der Waals surface area (Å²) in [5.41, 5.74) is 1.23. The van der Waals surface area contributed by atoms with Gasteiger partial charge >= 0.3 is 0 Å². The zero-order valence-corrected chi connectivity index (χ0v) is 19.7. The second-order valence-corrected chi connectivity index (χ2v) is 9.50. The van der Waals surface area contributed by atoms with Gasteiger partial charge in [-0.2, -0.15) is 0 Å². The molecule has 0 unspecified atom stereocenters. The molecule has 0 saturated carbocycles. The number of hydrogen-bond donors (Lipinski definition) is 2. The highest BCUT2D eigenvalue weighted by Gasteiger charge is 2.46. The van der Waals surface area contributed by atoms with Gasteiger partial charge in [0.2, 0.25) is 0 Å². The number of aliphatic hydroxyl groups excluding tert-OH is 2. The highest BCUT2D eigenvalue weighted by atomic mass is 32.2. The molecule has 2 aromatic rings. The van der Waals surface area contributed by atoms with E-state index in [4.69, 9.17) is 23.7 Å². The first-order valence-corrected chi connectivity index (χ1v) is 11.5. The summed E-state index contributed by atoms with van der Waals surface area (Å²) >= 11 is 1.47. The molecule has 0 radical (unpaired) electrons. The minimum atomic E-state index is -1.15. The van der Waals surface area contributed by atoms with Crippen LogP contribution in [0.2, 0.25) is 0 Å². The second-order valence-electron chi connectivity index (χ2n) is 7.82. The number of methoxy groups -OCH3 is 2. The zero-order chi connectivity index (χ0) is 23.1. The van der Waals surface area contributed by atoms with E-state index in [1.54, 1.807) is 14.2 Å². The maximum Gasteiger partial charge on any atom is 0.188 e. The largest absolute Gasteiger partial charge is 0.497 e. The van der Waals surface area contributed by atoms with Crippen LogP contribution in [0.15, 0.2) is 48.5 Å². The van der Waals surface area contributed by atoms with Crippen molar-refractivity contribution in [3.8, 4) is 11.5 Å². The van der Waals surface area contributed by atoms with Gasteiger partial charge in [0, 0.05) is 5.25 Å². The van der Waals surface area contributed by atoms with Crippen LogP contribution in [0.3, 0.4) is 0 Å². The highest BCUT2D eigenvalue weighted by Crippen LogP contribution is 2.33. The lowest BCUT2D eigenvalue weighted by atomic mass is 10.0. The Hall–Kier alpha value is -1.81. The van der Waals surface area contributed by atoms with Crippen molar-refractivity contribution in [2.45, 2.75) is 62.3 Å². The van der Waals surface area contributed by atoms with Gasteiger partial charge in [0.25, 0.3) is 0 Å². The smallest absolute Gasteiger partial charge is 0.188 e. The number of benzene rings is 2. The quantitative estimate of drug-likeness (QED) is 0.554. The van der Waals surface area contributed by atoms with Crippen molar-refractivity contribution in [3.05, 3.63) is 59.7 Å². The number of rotatable bonds is 10. The summed E-state index contributed by atoms with van der Waals surface area (Å²) in [6.07, 6.45) is -3.94. The van der Waals surface area contributed by atoms with Gasteiger partial charge in [0.05, 0.1) is 27.4 Å². The molecule has 0 aliphatic carbocycles. The zero-order valence-electron chi connectivity index (χ0n) is 18.8. The molecule has 7 nitrogen and oxygen atoms in total. The van der Waals surface area contributed by atoms with E-state index < -0.39 is 30.0 Å². The summed E-state index contributed by atoms with van der Waals surface area (Å²) in [6, 6.07) is 14.9. The van der Waals surface area contributed by atoms with Crippen LogP contribution < -0.4 is 9.47 Å². The minimum Gasteiger partial charge on any atom is -0.497 e. The predicted octanol–water partition coefficient (Wildman–Crippen LogP) is 3.35. The molecule has 0 spiro atoms. The minimum absolute atomic E-state index is 0.217. The third kappa shape index (κ3) is 6.60. The Kier molecular flexibility index (Phi) is 9.22. The normalized spacial score (nSPS) is 25.7. The van der Waals surface area contributed by atoms with Crippen molar-refractivity contribution in [2.24, 2.45) is 0 Å². The van der Waals surface area contributed by atoms with Crippen LogP contribution in [-0.4, -0.2) is 59.7 Å². The van der Waals surface area contributed by atoms with E-state index in [0.717, 1.165) is 22.6 Å². The van der Waals surface area contributed by atoms with Gasteiger partial charge in [-0.3, -0.25) is 0 Å². The van der Waals surface area contributed by atoms with E-state index in [2.05, 4.69) is 0 Å². The average molecular weight is 465 g/mol. The topological polar surface area (TPSA) is 86.6 Å². The predicted molar refractivity (Wildman–Crippen MR) is 123 cm³/mol. The number of thioether (sulfide) groups is 1. The van der Waals surface area contributed by atoms with Crippen molar-refractivity contribution in [1.29, 1.82) is 0 Å². The van der Waals surface area contributed by atoms with Crippen LogP contribution in [0.25, 0.3) is 0 Å². The van der Waals surface area contributed by atoms with Gasteiger partial charge in [-0.15, -0.1) is 11.8 Å². The SMILES string of the molecule is COc1ccc(CO[C@H]2O[C@@H](SC(C)C)[C@H](O)[C@@H](OCc3ccc(OC)cc3)[C@@H]2O)cc1. The Morgan fingerprint density at radius 1 is 0.812 bits per heavy atom. The molecule has 176 valence electrons. The standard InChI is InChI=1S/C24H32O7S/c1-15(2)32-24-21(26)22(29-13-16-5-9-18(27-3)10-6-16)20(25)23(31-24)30-14-17-7-11-19(28-4)12-8-17/h5-12,15,20-26H,13-14H2,1-4H3/t20-,21+,22-,23-,24-/m0/s1. The average Bonchev–Trinajstić information content (AvgIpc) is 2.80. The summed E-state index contributed by atoms with van der Waals surface area (Å²) in [4.78, 5) is 0. The first-order chi connectivity index (χ1) is 15.4. The molecule has 2 N–H and O–H groups in total. The molecule has 1 fully saturated rings. The molecule has 32 heavy (non-hydrogen) atoms. The monoisotopic (exact) mass is 464 g/mol. The third-order valence-electron chi connectivity index (χ3n) is 5.08. The summed E-state index contributed by atoms with van der Waals surface area (Å²) < 4.78 is 28.1. The van der Waals surface area contributed by atoms with Crippen molar-refractivity contribution in [2.75, 3.05) is 14.2 Å². The number of hydrogen-bond acceptors (Lipinski definition) is 8. The third-order valence-corrected chi connectivity index (χ3v) is 6.28. The molecule has 3 rings (SSSR count). The summed E-state index contributed by atoms with van der Waals surface area (Å²) in [5.74, 6) is 1.51. The molecule has 5 atom stereocenters. The van der Waals surface area contributed by atoms with E-state index in [9.17, 15) is 10.2 Å². The van der Waals surface area contributed by atoms with Gasteiger partial charge < -0.3 is 33.9 Å². The van der Waals surface area contributed by atoms with Crippen molar-refractivity contribution in [3.63, 3.8) is 0 Å². The van der Waals surface area contributed by atoms with E-state index in [1.165, 1.54) is 11.8 Å². The van der Waals surface area contributed by atoms with Gasteiger partial charge in [-0.05, 0) is 35.4 Å². The van der Waals surface area contributed by atoms with E-state index in [0.29, 0.717) is 0 Å². The first kappa shape index (κ1) is 24.8. The van der Waals surface area contributed by atoms with Crippen molar-refractivity contribution >= 4 is 11.8 Å². The molecule has 1 saturated heterocycles. The molecule has 1 aliphatic heterocycles. The van der Waals surface area contributed by atoms with Gasteiger partial charge in [0.15, 0.2) is 6.29 Å².